The van der Waals surface area contributed by atoms with Gasteiger partial charge in [0.15, 0.2) is 0 Å². The van der Waals surface area contributed by atoms with Crippen molar-refractivity contribution in [2.45, 2.75) is 13.0 Å². The molecule has 0 spiro atoms. The summed E-state index contributed by atoms with van der Waals surface area (Å²) in [6.07, 6.45) is 6.11. The van der Waals surface area contributed by atoms with E-state index in [1.54, 1.807) is 18.3 Å². The molecule has 0 fully saturated rings. The van der Waals surface area contributed by atoms with Gasteiger partial charge in [0.2, 0.25) is 0 Å². The minimum absolute atomic E-state index is 0.219. The van der Waals surface area contributed by atoms with E-state index in [0.29, 0.717) is 22.9 Å². The lowest BCUT2D eigenvalue weighted by molar-refractivity contribution is 0.613. The van der Waals surface area contributed by atoms with Crippen molar-refractivity contribution < 1.29 is 4.39 Å². The van der Waals surface area contributed by atoms with Crippen LogP contribution in [0, 0.1) is 5.82 Å². The molecule has 0 bridgehead atoms. The molecule has 3 aromatic heterocycles. The van der Waals surface area contributed by atoms with Gasteiger partial charge in [-0.25, -0.2) is 14.4 Å². The summed E-state index contributed by atoms with van der Waals surface area (Å²) in [5.74, 6) is 0.490. The van der Waals surface area contributed by atoms with Crippen LogP contribution in [-0.4, -0.2) is 15.0 Å². The fraction of sp³-hybridized carbons (Fsp3) is 0.100. The Morgan fingerprint density at radius 1 is 1.04 bits per heavy atom. The summed E-state index contributed by atoms with van der Waals surface area (Å²) in [6, 6.07) is 12.5. The highest BCUT2D eigenvalue weighted by Crippen LogP contribution is 2.22. The van der Waals surface area contributed by atoms with E-state index in [9.17, 15) is 4.39 Å². The van der Waals surface area contributed by atoms with E-state index in [-0.39, 0.29) is 5.82 Å². The second kappa shape index (κ2) is 7.14. The summed E-state index contributed by atoms with van der Waals surface area (Å²) in [5, 5.41) is 4.77. The van der Waals surface area contributed by atoms with Crippen molar-refractivity contribution in [2.75, 3.05) is 5.32 Å². The first-order valence-electron chi connectivity index (χ1n) is 8.23. The van der Waals surface area contributed by atoms with Crippen molar-refractivity contribution in [2.24, 2.45) is 0 Å². The van der Waals surface area contributed by atoms with Crippen molar-refractivity contribution in [3.05, 3.63) is 88.6 Å². The first kappa shape index (κ1) is 16.5. The van der Waals surface area contributed by atoms with E-state index < -0.39 is 0 Å². The van der Waals surface area contributed by atoms with Crippen LogP contribution in [0.15, 0.2) is 61.1 Å². The standard InChI is InChI=1S/C20H16ClFN4/c21-16-8-17-15(11-25-20(17)26-12-16)7-13-5-6-19(23-9-13)24-10-14-3-1-2-4-18(14)22/h1-6,8-9,11-12H,7,10H2,(H,23,24)(H,25,26). The quantitative estimate of drug-likeness (QED) is 0.525. The Hall–Kier alpha value is -2.92. The van der Waals surface area contributed by atoms with Gasteiger partial charge in [0, 0.05) is 42.5 Å². The molecule has 0 unspecified atom stereocenters. The van der Waals surface area contributed by atoms with Gasteiger partial charge in [-0.05, 0) is 29.3 Å². The number of benzene rings is 1. The second-order valence-electron chi connectivity index (χ2n) is 6.04. The third-order valence-corrected chi connectivity index (χ3v) is 4.43. The molecule has 26 heavy (non-hydrogen) atoms. The number of pyridine rings is 2. The molecule has 4 rings (SSSR count). The molecule has 0 saturated carbocycles. The predicted octanol–water partition coefficient (Wildman–Crippen LogP) is 4.95. The number of rotatable bonds is 5. The van der Waals surface area contributed by atoms with Crippen molar-refractivity contribution in [1.29, 1.82) is 0 Å². The van der Waals surface area contributed by atoms with Crippen LogP contribution in [-0.2, 0) is 13.0 Å². The number of H-pyrrole nitrogens is 1. The van der Waals surface area contributed by atoms with Crippen LogP contribution >= 0.6 is 11.6 Å². The maximum Gasteiger partial charge on any atom is 0.137 e. The Labute approximate surface area is 155 Å². The van der Waals surface area contributed by atoms with Crippen molar-refractivity contribution in [3.8, 4) is 0 Å². The van der Waals surface area contributed by atoms with Gasteiger partial charge in [-0.3, -0.25) is 0 Å². The first-order chi connectivity index (χ1) is 12.7. The number of aromatic nitrogens is 3. The van der Waals surface area contributed by atoms with E-state index in [0.717, 1.165) is 28.6 Å². The summed E-state index contributed by atoms with van der Waals surface area (Å²) in [6.45, 7) is 0.394. The maximum absolute atomic E-state index is 13.6. The van der Waals surface area contributed by atoms with Gasteiger partial charge in [0.1, 0.15) is 17.3 Å². The van der Waals surface area contributed by atoms with Gasteiger partial charge < -0.3 is 10.3 Å². The fourth-order valence-corrected chi connectivity index (χ4v) is 3.02. The lowest BCUT2D eigenvalue weighted by Gasteiger charge is -2.07. The molecule has 0 atom stereocenters. The Morgan fingerprint density at radius 3 is 2.73 bits per heavy atom. The van der Waals surface area contributed by atoms with Crippen molar-refractivity contribution in [3.63, 3.8) is 0 Å². The zero-order valence-electron chi connectivity index (χ0n) is 13.8. The largest absolute Gasteiger partial charge is 0.366 e. The minimum Gasteiger partial charge on any atom is -0.366 e. The normalized spacial score (nSPS) is 11.0. The van der Waals surface area contributed by atoms with E-state index in [2.05, 4.69) is 20.3 Å². The van der Waals surface area contributed by atoms with Gasteiger partial charge >= 0.3 is 0 Å². The summed E-state index contributed by atoms with van der Waals surface area (Å²) in [7, 11) is 0. The van der Waals surface area contributed by atoms with Crippen molar-refractivity contribution in [1.82, 2.24) is 15.0 Å². The van der Waals surface area contributed by atoms with Crippen LogP contribution in [0.5, 0.6) is 0 Å². The molecular weight excluding hydrogens is 351 g/mol. The highest BCUT2D eigenvalue weighted by atomic mass is 35.5. The van der Waals surface area contributed by atoms with Crippen LogP contribution in [0.2, 0.25) is 5.02 Å². The highest BCUT2D eigenvalue weighted by molar-refractivity contribution is 6.31. The summed E-state index contributed by atoms with van der Waals surface area (Å²) in [4.78, 5) is 11.8. The van der Waals surface area contributed by atoms with E-state index in [4.69, 9.17) is 11.6 Å². The van der Waals surface area contributed by atoms with E-state index in [1.807, 2.05) is 36.7 Å². The average Bonchev–Trinajstić information content (AvgIpc) is 3.04. The van der Waals surface area contributed by atoms with Gasteiger partial charge in [-0.1, -0.05) is 35.9 Å². The number of anilines is 1. The molecule has 0 aliphatic heterocycles. The molecule has 0 aliphatic carbocycles. The van der Waals surface area contributed by atoms with Crippen LogP contribution < -0.4 is 5.32 Å². The number of halogens is 2. The second-order valence-corrected chi connectivity index (χ2v) is 6.47. The Kier molecular flexibility index (Phi) is 4.54. The third kappa shape index (κ3) is 3.53. The van der Waals surface area contributed by atoms with Gasteiger partial charge in [-0.15, -0.1) is 0 Å². The molecule has 130 valence electrons. The maximum atomic E-state index is 13.6. The van der Waals surface area contributed by atoms with Crippen LogP contribution in [0.3, 0.4) is 0 Å². The monoisotopic (exact) mass is 366 g/mol. The molecule has 4 nitrogen and oxygen atoms in total. The molecule has 0 aliphatic rings. The zero-order chi connectivity index (χ0) is 17.9. The number of hydrogen-bond acceptors (Lipinski definition) is 3. The van der Waals surface area contributed by atoms with Crippen molar-refractivity contribution >= 4 is 28.5 Å². The topological polar surface area (TPSA) is 53.6 Å². The fourth-order valence-electron chi connectivity index (χ4n) is 2.86. The Morgan fingerprint density at radius 2 is 1.92 bits per heavy atom. The van der Waals surface area contributed by atoms with E-state index >= 15 is 0 Å². The van der Waals surface area contributed by atoms with E-state index in [1.165, 1.54) is 6.07 Å². The van der Waals surface area contributed by atoms with Crippen LogP contribution in [0.4, 0.5) is 10.2 Å². The lowest BCUT2D eigenvalue weighted by atomic mass is 10.1. The molecule has 1 aromatic carbocycles. The number of fused-ring (bicyclic) bond motifs is 1. The lowest BCUT2D eigenvalue weighted by Crippen LogP contribution is -2.03. The summed E-state index contributed by atoms with van der Waals surface area (Å²) in [5.41, 5.74) is 3.62. The summed E-state index contributed by atoms with van der Waals surface area (Å²) < 4.78 is 13.6. The average molecular weight is 367 g/mol. The van der Waals surface area contributed by atoms with Crippen LogP contribution in [0.1, 0.15) is 16.7 Å². The molecule has 0 amide bonds. The van der Waals surface area contributed by atoms with Gasteiger partial charge in [-0.2, -0.15) is 0 Å². The SMILES string of the molecule is Fc1ccccc1CNc1ccc(Cc2c[nH]c3ncc(Cl)cc23)cn1. The first-order valence-corrected chi connectivity index (χ1v) is 8.60. The predicted molar refractivity (Wildman–Crippen MR) is 102 cm³/mol. The third-order valence-electron chi connectivity index (χ3n) is 4.22. The van der Waals surface area contributed by atoms with Gasteiger partial charge in [0.05, 0.1) is 5.02 Å². The summed E-state index contributed by atoms with van der Waals surface area (Å²) >= 11 is 6.04. The molecular formula is C20H16ClFN4. The molecule has 0 saturated heterocycles. The highest BCUT2D eigenvalue weighted by Gasteiger charge is 2.07. The Bertz CT molecular complexity index is 1040. The molecule has 3 heterocycles. The Balaban J connectivity index is 1.45. The number of nitrogens with zero attached hydrogens (tertiary/aromatic N) is 2. The van der Waals surface area contributed by atoms with Gasteiger partial charge in [0.25, 0.3) is 0 Å². The molecule has 6 heteroatoms. The smallest absolute Gasteiger partial charge is 0.137 e. The number of hydrogen-bond donors (Lipinski definition) is 2. The molecule has 2 N–H and O–H groups in total. The zero-order valence-corrected chi connectivity index (χ0v) is 14.6. The minimum atomic E-state index is -0.219. The van der Waals surface area contributed by atoms with Crippen LogP contribution in [0.25, 0.3) is 11.0 Å². The number of nitrogens with one attached hydrogen (secondary N) is 2. The number of aromatic amines is 1. The molecule has 4 aromatic rings. The molecule has 0 radical (unpaired) electrons.